The summed E-state index contributed by atoms with van der Waals surface area (Å²) in [5.41, 5.74) is 2.12. The van der Waals surface area contributed by atoms with E-state index in [-0.39, 0.29) is 5.91 Å². The maximum atomic E-state index is 12.4. The average Bonchev–Trinajstić information content (AvgIpc) is 2.96. The Morgan fingerprint density at radius 2 is 2.08 bits per heavy atom. The summed E-state index contributed by atoms with van der Waals surface area (Å²) < 4.78 is 17.6. The zero-order valence-corrected chi connectivity index (χ0v) is 14.9. The molecule has 0 spiro atoms. The molecule has 0 aliphatic rings. The fourth-order valence-corrected chi connectivity index (χ4v) is 3.88. The lowest BCUT2D eigenvalue weighted by Crippen LogP contribution is -2.12. The highest BCUT2D eigenvalue weighted by atomic mass is 32.2. The van der Waals surface area contributed by atoms with E-state index >= 15 is 0 Å². The lowest BCUT2D eigenvalue weighted by atomic mass is 10.1. The highest BCUT2D eigenvalue weighted by Gasteiger charge is 2.12. The van der Waals surface area contributed by atoms with Gasteiger partial charge in [0.1, 0.15) is 11.3 Å². The molecule has 3 aromatic rings. The lowest BCUT2D eigenvalue weighted by molar-refractivity contribution is 0.102. The topological polar surface area (TPSA) is 68.3 Å². The number of amides is 1. The first-order chi connectivity index (χ1) is 11.6. The van der Waals surface area contributed by atoms with Crippen LogP contribution in [0, 0.1) is 0 Å². The Kier molecular flexibility index (Phi) is 4.92. The van der Waals surface area contributed by atoms with Crippen molar-refractivity contribution in [1.82, 2.24) is 4.98 Å². The van der Waals surface area contributed by atoms with Crippen molar-refractivity contribution >= 4 is 43.4 Å². The van der Waals surface area contributed by atoms with Gasteiger partial charge in [0.2, 0.25) is 0 Å². The Hall–Kier alpha value is -2.25. The third-order valence-electron chi connectivity index (χ3n) is 3.38. The summed E-state index contributed by atoms with van der Waals surface area (Å²) in [5, 5.41) is 3.33. The average molecular weight is 360 g/mol. The van der Waals surface area contributed by atoms with Crippen LogP contribution >= 0.6 is 11.3 Å². The second-order valence-electron chi connectivity index (χ2n) is 5.20. The summed E-state index contributed by atoms with van der Waals surface area (Å²) in [4.78, 5) is 16.9. The second kappa shape index (κ2) is 7.11. The predicted molar refractivity (Wildman–Crippen MR) is 98.3 cm³/mol. The van der Waals surface area contributed by atoms with Crippen LogP contribution in [0.15, 0.2) is 42.5 Å². The van der Waals surface area contributed by atoms with E-state index in [0.717, 1.165) is 15.8 Å². The number of carbonyl (C=O) groups excluding carboxylic acids is 1. The number of fused-ring (bicyclic) bond motifs is 1. The van der Waals surface area contributed by atoms with Gasteiger partial charge in [0.25, 0.3) is 5.91 Å². The molecule has 0 saturated carbocycles. The number of aromatic nitrogens is 1. The highest BCUT2D eigenvalue weighted by molar-refractivity contribution is 7.83. The van der Waals surface area contributed by atoms with Crippen molar-refractivity contribution in [2.24, 2.45) is 0 Å². The quantitative estimate of drug-likeness (QED) is 0.757. The van der Waals surface area contributed by atoms with Crippen LogP contribution in [0.5, 0.6) is 5.75 Å². The lowest BCUT2D eigenvalue weighted by Gasteiger charge is -2.04. The van der Waals surface area contributed by atoms with E-state index in [1.807, 2.05) is 24.3 Å². The molecule has 1 N–H and O–H groups in total. The SMILES string of the molecule is COc1cccc2sc(NC(=O)c3cccc(CS(C)=O)c3)nc12. The van der Waals surface area contributed by atoms with Gasteiger partial charge in [-0.3, -0.25) is 14.3 Å². The number of para-hydroxylation sites is 1. The molecular weight excluding hydrogens is 344 g/mol. The smallest absolute Gasteiger partial charge is 0.257 e. The summed E-state index contributed by atoms with van der Waals surface area (Å²) in [7, 11) is 0.647. The third kappa shape index (κ3) is 3.63. The number of benzene rings is 2. The fourth-order valence-electron chi connectivity index (χ4n) is 2.35. The predicted octanol–water partition coefficient (Wildman–Crippen LogP) is 3.44. The Morgan fingerprint density at radius 3 is 2.83 bits per heavy atom. The van der Waals surface area contributed by atoms with Crippen LogP contribution in [-0.2, 0) is 16.6 Å². The molecule has 1 aromatic heterocycles. The first kappa shape index (κ1) is 16.6. The zero-order valence-electron chi connectivity index (χ0n) is 13.2. The minimum atomic E-state index is -0.946. The standard InChI is InChI=1S/C17H16N2O3S2/c1-22-13-7-4-8-14-15(13)18-17(23-14)19-16(20)12-6-3-5-11(9-12)10-24(2)21/h3-9H,10H2,1-2H3,(H,18,19,20). The molecule has 0 aliphatic heterocycles. The molecule has 1 unspecified atom stereocenters. The van der Waals surface area contributed by atoms with E-state index in [2.05, 4.69) is 10.3 Å². The molecular formula is C17H16N2O3S2. The number of methoxy groups -OCH3 is 1. The van der Waals surface area contributed by atoms with Crippen LogP contribution < -0.4 is 10.1 Å². The van der Waals surface area contributed by atoms with Crippen molar-refractivity contribution in [2.75, 3.05) is 18.7 Å². The number of thiazole rings is 1. The van der Waals surface area contributed by atoms with Gasteiger partial charge in [-0.15, -0.1) is 0 Å². The minimum absolute atomic E-state index is 0.239. The Labute approximate surface area is 146 Å². The Balaban J connectivity index is 1.83. The first-order valence-electron chi connectivity index (χ1n) is 7.20. The van der Waals surface area contributed by atoms with Crippen molar-refractivity contribution in [3.8, 4) is 5.75 Å². The number of anilines is 1. The molecule has 7 heteroatoms. The molecule has 1 heterocycles. The van der Waals surface area contributed by atoms with Gasteiger partial charge in [0.05, 0.1) is 11.8 Å². The molecule has 3 rings (SSSR count). The van der Waals surface area contributed by atoms with E-state index in [4.69, 9.17) is 4.74 Å². The first-order valence-corrected chi connectivity index (χ1v) is 9.75. The largest absolute Gasteiger partial charge is 0.494 e. The van der Waals surface area contributed by atoms with Gasteiger partial charge < -0.3 is 4.74 Å². The normalized spacial score (nSPS) is 12.1. The minimum Gasteiger partial charge on any atom is -0.494 e. The summed E-state index contributed by atoms with van der Waals surface area (Å²) >= 11 is 1.39. The zero-order chi connectivity index (χ0) is 17.1. The van der Waals surface area contributed by atoms with E-state index < -0.39 is 10.8 Å². The number of nitrogens with zero attached hydrogens (tertiary/aromatic N) is 1. The van der Waals surface area contributed by atoms with Crippen LogP contribution in [0.25, 0.3) is 10.2 Å². The second-order valence-corrected chi connectivity index (χ2v) is 7.66. The molecule has 0 aliphatic carbocycles. The number of nitrogens with one attached hydrogen (secondary N) is 1. The molecule has 24 heavy (non-hydrogen) atoms. The van der Waals surface area contributed by atoms with Gasteiger partial charge in [-0.25, -0.2) is 4.98 Å². The van der Waals surface area contributed by atoms with Gasteiger partial charge in [0.15, 0.2) is 5.13 Å². The molecule has 2 aromatic carbocycles. The van der Waals surface area contributed by atoms with E-state index in [0.29, 0.717) is 22.2 Å². The molecule has 5 nitrogen and oxygen atoms in total. The van der Waals surface area contributed by atoms with Crippen molar-refractivity contribution in [1.29, 1.82) is 0 Å². The van der Waals surface area contributed by atoms with Crippen molar-refractivity contribution in [3.63, 3.8) is 0 Å². The van der Waals surface area contributed by atoms with Crippen LogP contribution in [0.4, 0.5) is 5.13 Å². The molecule has 124 valence electrons. The van der Waals surface area contributed by atoms with Crippen LogP contribution in [0.3, 0.4) is 0 Å². The molecule has 0 fully saturated rings. The van der Waals surface area contributed by atoms with Gasteiger partial charge in [-0.05, 0) is 29.8 Å². The monoisotopic (exact) mass is 360 g/mol. The van der Waals surface area contributed by atoms with Gasteiger partial charge >= 0.3 is 0 Å². The molecule has 0 radical (unpaired) electrons. The van der Waals surface area contributed by atoms with Crippen LogP contribution in [0.2, 0.25) is 0 Å². The highest BCUT2D eigenvalue weighted by Crippen LogP contribution is 2.32. The maximum absolute atomic E-state index is 12.4. The number of rotatable bonds is 5. The van der Waals surface area contributed by atoms with Gasteiger partial charge in [-0.1, -0.05) is 29.5 Å². The number of carbonyl (C=O) groups is 1. The van der Waals surface area contributed by atoms with E-state index in [1.54, 1.807) is 31.6 Å². The Morgan fingerprint density at radius 1 is 1.29 bits per heavy atom. The number of hydrogen-bond donors (Lipinski definition) is 1. The molecule has 1 atom stereocenters. The summed E-state index contributed by atoms with van der Waals surface area (Å²) in [6.07, 6.45) is 1.64. The maximum Gasteiger partial charge on any atom is 0.257 e. The third-order valence-corrected chi connectivity index (χ3v) is 5.06. The summed E-state index contributed by atoms with van der Waals surface area (Å²) in [6, 6.07) is 12.8. The van der Waals surface area contributed by atoms with Crippen LogP contribution in [0.1, 0.15) is 15.9 Å². The van der Waals surface area contributed by atoms with E-state index in [1.165, 1.54) is 11.3 Å². The van der Waals surface area contributed by atoms with Gasteiger partial charge in [0, 0.05) is 28.4 Å². The summed E-state index contributed by atoms with van der Waals surface area (Å²) in [5.74, 6) is 0.868. The van der Waals surface area contributed by atoms with Crippen molar-refractivity contribution in [2.45, 2.75) is 5.75 Å². The Bertz CT molecular complexity index is 921. The fraction of sp³-hybridized carbons (Fsp3) is 0.176. The number of ether oxygens (including phenoxy) is 1. The van der Waals surface area contributed by atoms with Crippen molar-refractivity contribution in [3.05, 3.63) is 53.6 Å². The summed E-state index contributed by atoms with van der Waals surface area (Å²) in [6.45, 7) is 0. The molecule has 1 amide bonds. The van der Waals surface area contributed by atoms with Crippen molar-refractivity contribution < 1.29 is 13.7 Å². The number of hydrogen-bond acceptors (Lipinski definition) is 5. The molecule has 0 saturated heterocycles. The molecule has 0 bridgehead atoms. The van der Waals surface area contributed by atoms with Gasteiger partial charge in [-0.2, -0.15) is 0 Å². The van der Waals surface area contributed by atoms with Crippen LogP contribution in [-0.4, -0.2) is 28.5 Å². The van der Waals surface area contributed by atoms with E-state index in [9.17, 15) is 9.00 Å².